The number of hydrogen-bond donors (Lipinski definition) is 2. The average Bonchev–Trinajstić information content (AvgIpc) is 2.35. The first kappa shape index (κ1) is 17.4. The summed E-state index contributed by atoms with van der Waals surface area (Å²) in [6, 6.07) is 0.0390. The maximum Gasteiger partial charge on any atom is 0.227 e. The highest BCUT2D eigenvalue weighted by Crippen LogP contribution is 2.29. The largest absolute Gasteiger partial charge is 0.380 e. The van der Waals surface area contributed by atoms with Gasteiger partial charge >= 0.3 is 0 Å². The van der Waals surface area contributed by atoms with Gasteiger partial charge in [-0.15, -0.1) is 0 Å². The van der Waals surface area contributed by atoms with E-state index in [1.807, 2.05) is 13.8 Å². The topological polar surface area (TPSA) is 64.4 Å². The van der Waals surface area contributed by atoms with Crippen molar-refractivity contribution in [2.45, 2.75) is 59.4 Å². The molecule has 0 saturated heterocycles. The Balaban J connectivity index is 4.53. The minimum atomic E-state index is -0.399. The molecule has 0 rings (SSSR count). The van der Waals surface area contributed by atoms with E-state index in [1.165, 1.54) is 0 Å². The molecule has 18 heavy (non-hydrogen) atoms. The highest BCUT2D eigenvalue weighted by atomic mass is 16.5. The molecule has 0 bridgehead atoms. The van der Waals surface area contributed by atoms with Crippen molar-refractivity contribution >= 4 is 5.91 Å². The highest BCUT2D eigenvalue weighted by molar-refractivity contribution is 5.83. The van der Waals surface area contributed by atoms with Crippen LogP contribution in [-0.2, 0) is 9.53 Å². The van der Waals surface area contributed by atoms with Gasteiger partial charge < -0.3 is 15.8 Å². The summed E-state index contributed by atoms with van der Waals surface area (Å²) in [5.41, 5.74) is 5.47. The predicted octanol–water partition coefficient (Wildman–Crippen LogP) is 2.07. The van der Waals surface area contributed by atoms with Crippen molar-refractivity contribution in [3.63, 3.8) is 0 Å². The van der Waals surface area contributed by atoms with Crippen LogP contribution in [0.1, 0.15) is 53.4 Å². The van der Waals surface area contributed by atoms with Gasteiger partial charge in [-0.05, 0) is 26.7 Å². The van der Waals surface area contributed by atoms with Gasteiger partial charge in [-0.1, -0.05) is 26.7 Å². The molecule has 0 aliphatic rings. The summed E-state index contributed by atoms with van der Waals surface area (Å²) in [7, 11) is 0. The van der Waals surface area contributed by atoms with Crippen LogP contribution in [0.25, 0.3) is 0 Å². The van der Waals surface area contributed by atoms with Crippen molar-refractivity contribution in [3.05, 3.63) is 0 Å². The summed E-state index contributed by atoms with van der Waals surface area (Å²) in [6.07, 6.45) is 3.66. The van der Waals surface area contributed by atoms with Gasteiger partial charge in [-0.25, -0.2) is 0 Å². The quantitative estimate of drug-likeness (QED) is 0.630. The third-order valence-corrected chi connectivity index (χ3v) is 3.28. The molecule has 0 aromatic carbocycles. The molecule has 1 atom stereocenters. The minimum Gasteiger partial charge on any atom is -0.380 e. The van der Waals surface area contributed by atoms with E-state index in [-0.39, 0.29) is 11.9 Å². The lowest BCUT2D eigenvalue weighted by atomic mass is 9.78. The molecule has 1 amide bonds. The summed E-state index contributed by atoms with van der Waals surface area (Å²) in [5, 5.41) is 3.03. The monoisotopic (exact) mass is 258 g/mol. The molecule has 4 heteroatoms. The Kier molecular flexibility index (Phi) is 9.02. The van der Waals surface area contributed by atoms with E-state index in [9.17, 15) is 4.79 Å². The lowest BCUT2D eigenvalue weighted by Crippen LogP contribution is -2.49. The van der Waals surface area contributed by atoms with Crippen LogP contribution in [0.4, 0.5) is 0 Å². The Morgan fingerprint density at radius 1 is 1.28 bits per heavy atom. The fourth-order valence-electron chi connectivity index (χ4n) is 2.32. The normalized spacial score (nSPS) is 13.4. The first-order chi connectivity index (χ1) is 8.56. The lowest BCUT2D eigenvalue weighted by molar-refractivity contribution is -0.132. The van der Waals surface area contributed by atoms with E-state index >= 15 is 0 Å². The molecule has 0 spiro atoms. The van der Waals surface area contributed by atoms with Gasteiger partial charge in [0.1, 0.15) is 0 Å². The molecule has 0 aromatic heterocycles. The minimum absolute atomic E-state index is 0.0390. The van der Waals surface area contributed by atoms with Crippen molar-refractivity contribution in [1.29, 1.82) is 0 Å². The molecular formula is C14H30N2O2. The average molecular weight is 258 g/mol. The van der Waals surface area contributed by atoms with Crippen LogP contribution in [0, 0.1) is 5.41 Å². The molecule has 0 aromatic rings. The number of rotatable bonds is 10. The number of carbonyl (C=O) groups excluding carboxylic acids is 1. The Morgan fingerprint density at radius 2 is 1.83 bits per heavy atom. The zero-order valence-electron chi connectivity index (χ0n) is 12.4. The van der Waals surface area contributed by atoms with Gasteiger partial charge in [0.15, 0.2) is 0 Å². The van der Waals surface area contributed by atoms with E-state index < -0.39 is 5.41 Å². The molecule has 0 fully saturated rings. The second kappa shape index (κ2) is 9.34. The number of ether oxygens (including phenoxy) is 1. The maximum absolute atomic E-state index is 12.4. The van der Waals surface area contributed by atoms with E-state index in [0.29, 0.717) is 19.8 Å². The molecule has 1 unspecified atom stereocenters. The molecule has 108 valence electrons. The van der Waals surface area contributed by atoms with Crippen LogP contribution < -0.4 is 11.1 Å². The van der Waals surface area contributed by atoms with Crippen LogP contribution in [0.15, 0.2) is 0 Å². The summed E-state index contributed by atoms with van der Waals surface area (Å²) in [5.74, 6) is 0.0842. The summed E-state index contributed by atoms with van der Waals surface area (Å²) >= 11 is 0. The van der Waals surface area contributed by atoms with Crippen molar-refractivity contribution in [1.82, 2.24) is 5.32 Å². The van der Waals surface area contributed by atoms with Crippen molar-refractivity contribution in [2.24, 2.45) is 11.1 Å². The van der Waals surface area contributed by atoms with E-state index in [2.05, 4.69) is 19.2 Å². The second-order valence-corrected chi connectivity index (χ2v) is 5.02. The second-order valence-electron chi connectivity index (χ2n) is 5.02. The summed E-state index contributed by atoms with van der Waals surface area (Å²) in [6.45, 7) is 9.75. The van der Waals surface area contributed by atoms with E-state index in [1.54, 1.807) is 0 Å². The van der Waals surface area contributed by atoms with Gasteiger partial charge in [0.05, 0.1) is 12.0 Å². The Hall–Kier alpha value is -0.610. The highest BCUT2D eigenvalue weighted by Gasteiger charge is 2.35. The zero-order valence-corrected chi connectivity index (χ0v) is 12.4. The summed E-state index contributed by atoms with van der Waals surface area (Å²) in [4.78, 5) is 12.4. The predicted molar refractivity (Wildman–Crippen MR) is 75.4 cm³/mol. The first-order valence-electron chi connectivity index (χ1n) is 7.15. The van der Waals surface area contributed by atoms with E-state index in [4.69, 9.17) is 10.5 Å². The van der Waals surface area contributed by atoms with E-state index in [0.717, 1.165) is 25.7 Å². The van der Waals surface area contributed by atoms with Crippen LogP contribution in [0.3, 0.4) is 0 Å². The molecular weight excluding hydrogens is 228 g/mol. The fraction of sp³-hybridized carbons (Fsp3) is 0.929. The van der Waals surface area contributed by atoms with Crippen LogP contribution >= 0.6 is 0 Å². The van der Waals surface area contributed by atoms with Crippen molar-refractivity contribution in [2.75, 3.05) is 19.8 Å². The van der Waals surface area contributed by atoms with Gasteiger partial charge in [0.25, 0.3) is 0 Å². The fourth-order valence-corrected chi connectivity index (χ4v) is 2.32. The number of amides is 1. The standard InChI is InChI=1S/C14H30N2O2/c1-5-8-14(11-15,9-6-2)13(17)16-12(4)10-18-7-3/h12H,5-11,15H2,1-4H3,(H,16,17). The third kappa shape index (κ3) is 5.36. The number of carbonyl (C=O) groups is 1. The molecule has 3 N–H and O–H groups in total. The molecule has 0 aliphatic carbocycles. The van der Waals surface area contributed by atoms with Crippen LogP contribution in [-0.4, -0.2) is 31.7 Å². The molecule has 0 aliphatic heterocycles. The van der Waals surface area contributed by atoms with Gasteiger partial charge in [0, 0.05) is 19.2 Å². The van der Waals surface area contributed by atoms with Gasteiger partial charge in [-0.2, -0.15) is 0 Å². The first-order valence-corrected chi connectivity index (χ1v) is 7.15. The lowest BCUT2D eigenvalue weighted by Gasteiger charge is -2.32. The zero-order chi connectivity index (χ0) is 14.0. The smallest absolute Gasteiger partial charge is 0.227 e. The molecule has 0 heterocycles. The summed E-state index contributed by atoms with van der Waals surface area (Å²) < 4.78 is 5.32. The SMILES string of the molecule is CCCC(CN)(CCC)C(=O)NC(C)COCC. The Labute approximate surface area is 112 Å². The Bertz CT molecular complexity index is 226. The number of nitrogens with one attached hydrogen (secondary N) is 1. The molecule has 0 radical (unpaired) electrons. The molecule has 0 saturated carbocycles. The van der Waals surface area contributed by atoms with Crippen molar-refractivity contribution < 1.29 is 9.53 Å². The Morgan fingerprint density at radius 3 is 2.22 bits per heavy atom. The number of nitrogens with two attached hydrogens (primary N) is 1. The van der Waals surface area contributed by atoms with Crippen molar-refractivity contribution in [3.8, 4) is 0 Å². The van der Waals surface area contributed by atoms with Gasteiger partial charge in [-0.3, -0.25) is 4.79 Å². The van der Waals surface area contributed by atoms with Crippen LogP contribution in [0.2, 0.25) is 0 Å². The number of hydrogen-bond acceptors (Lipinski definition) is 3. The van der Waals surface area contributed by atoms with Gasteiger partial charge in [0.2, 0.25) is 5.91 Å². The van der Waals surface area contributed by atoms with Crippen LogP contribution in [0.5, 0.6) is 0 Å². The third-order valence-electron chi connectivity index (χ3n) is 3.28. The maximum atomic E-state index is 12.4. The molecule has 4 nitrogen and oxygen atoms in total.